The van der Waals surface area contributed by atoms with E-state index in [1.165, 1.54) is 22.6 Å². The molecule has 2 nitrogen and oxygen atoms in total. The molecular formula is C16H20O2. The average molecular weight is 244 g/mol. The van der Waals surface area contributed by atoms with E-state index in [4.69, 9.17) is 4.79 Å². The normalized spacial score (nSPS) is 10.1. The smallest absolute Gasteiger partial charge is 0.133 e. The maximum Gasteiger partial charge on any atom is 0.133 e. The summed E-state index contributed by atoms with van der Waals surface area (Å²) in [4.78, 5) is 19.4. The van der Waals surface area contributed by atoms with Crippen molar-refractivity contribution in [3.8, 4) is 0 Å². The molecule has 0 bridgehead atoms. The maximum atomic E-state index is 10.8. The number of allylic oxidation sites excluding steroid dienone is 2. The molecule has 0 aliphatic rings. The van der Waals surface area contributed by atoms with Gasteiger partial charge in [0, 0.05) is 6.42 Å². The SMILES string of the molecule is C=C=O.CC(=O)CC=C(C)Cc1ccc(C)cc1. The maximum absolute atomic E-state index is 10.8. The van der Waals surface area contributed by atoms with E-state index in [0.717, 1.165) is 6.42 Å². The number of Topliss-reactive ketones (excluding diaryl/α,β-unsaturated/α-hetero) is 1. The molecule has 0 saturated carbocycles. The van der Waals surface area contributed by atoms with Gasteiger partial charge in [-0.25, -0.2) is 4.79 Å². The number of rotatable bonds is 4. The van der Waals surface area contributed by atoms with Crippen LogP contribution in [0.4, 0.5) is 0 Å². The molecule has 0 atom stereocenters. The van der Waals surface area contributed by atoms with Crippen LogP contribution in [-0.2, 0) is 16.0 Å². The molecule has 0 spiro atoms. The van der Waals surface area contributed by atoms with Crippen LogP contribution in [0.5, 0.6) is 0 Å². The Hall–Kier alpha value is -1.92. The lowest BCUT2D eigenvalue weighted by Gasteiger charge is -2.02. The van der Waals surface area contributed by atoms with E-state index in [-0.39, 0.29) is 5.78 Å². The highest BCUT2D eigenvalue weighted by molar-refractivity contribution is 5.77. The van der Waals surface area contributed by atoms with Crippen LogP contribution in [0.25, 0.3) is 0 Å². The van der Waals surface area contributed by atoms with Crippen molar-refractivity contribution in [3.05, 3.63) is 53.6 Å². The van der Waals surface area contributed by atoms with E-state index in [2.05, 4.69) is 44.7 Å². The predicted octanol–water partition coefficient (Wildman–Crippen LogP) is 3.47. The number of hydrogen-bond acceptors (Lipinski definition) is 2. The Morgan fingerprint density at radius 2 is 1.78 bits per heavy atom. The fourth-order valence-corrected chi connectivity index (χ4v) is 1.42. The van der Waals surface area contributed by atoms with Crippen LogP contribution in [0.3, 0.4) is 0 Å². The van der Waals surface area contributed by atoms with Gasteiger partial charge < -0.3 is 0 Å². The third-order valence-electron chi connectivity index (χ3n) is 2.34. The van der Waals surface area contributed by atoms with E-state index in [1.54, 1.807) is 6.92 Å². The Balaban J connectivity index is 0.000000873. The number of carbonyl (C=O) groups excluding carboxylic acids is 2. The third-order valence-corrected chi connectivity index (χ3v) is 2.34. The number of benzene rings is 1. The quantitative estimate of drug-likeness (QED) is 0.600. The van der Waals surface area contributed by atoms with Gasteiger partial charge >= 0.3 is 0 Å². The highest BCUT2D eigenvalue weighted by Crippen LogP contribution is 2.09. The van der Waals surface area contributed by atoms with Crippen LogP contribution >= 0.6 is 0 Å². The first-order valence-electron chi connectivity index (χ1n) is 5.84. The third kappa shape index (κ3) is 8.26. The van der Waals surface area contributed by atoms with E-state index < -0.39 is 0 Å². The van der Waals surface area contributed by atoms with Crippen molar-refractivity contribution in [1.82, 2.24) is 0 Å². The van der Waals surface area contributed by atoms with Crippen molar-refractivity contribution < 1.29 is 9.59 Å². The lowest BCUT2D eigenvalue weighted by Crippen LogP contribution is -1.90. The lowest BCUT2D eigenvalue weighted by atomic mass is 10.0. The van der Waals surface area contributed by atoms with Gasteiger partial charge in [0.25, 0.3) is 0 Å². The second-order valence-electron chi connectivity index (χ2n) is 4.26. The minimum Gasteiger partial charge on any atom is -0.300 e. The minimum atomic E-state index is 0.221. The van der Waals surface area contributed by atoms with Gasteiger partial charge in [0.15, 0.2) is 0 Å². The second-order valence-corrected chi connectivity index (χ2v) is 4.26. The summed E-state index contributed by atoms with van der Waals surface area (Å²) in [6.45, 7) is 8.46. The summed E-state index contributed by atoms with van der Waals surface area (Å²) >= 11 is 0. The Kier molecular flexibility index (Phi) is 8.17. The molecule has 0 amide bonds. The molecule has 0 saturated heterocycles. The van der Waals surface area contributed by atoms with Gasteiger partial charge in [0.05, 0.1) is 0 Å². The molecule has 18 heavy (non-hydrogen) atoms. The number of ketones is 1. The van der Waals surface area contributed by atoms with Crippen molar-refractivity contribution in [2.75, 3.05) is 0 Å². The first-order chi connectivity index (χ1) is 8.49. The Bertz CT molecular complexity index is 433. The van der Waals surface area contributed by atoms with E-state index in [0.29, 0.717) is 6.42 Å². The highest BCUT2D eigenvalue weighted by atomic mass is 16.1. The lowest BCUT2D eigenvalue weighted by molar-refractivity contribution is -0.116. The summed E-state index contributed by atoms with van der Waals surface area (Å²) in [6, 6.07) is 8.52. The largest absolute Gasteiger partial charge is 0.300 e. The van der Waals surface area contributed by atoms with Gasteiger partial charge in [-0.15, -0.1) is 0 Å². The Labute approximate surface area is 109 Å². The summed E-state index contributed by atoms with van der Waals surface area (Å²) in [5, 5.41) is 0. The van der Waals surface area contributed by atoms with Gasteiger partial charge in [0.1, 0.15) is 11.7 Å². The van der Waals surface area contributed by atoms with Gasteiger partial charge in [-0.05, 0) is 39.3 Å². The molecule has 0 fully saturated rings. The Morgan fingerprint density at radius 1 is 1.28 bits per heavy atom. The van der Waals surface area contributed by atoms with Gasteiger partial charge in [0.2, 0.25) is 0 Å². The molecule has 1 aromatic carbocycles. The zero-order chi connectivity index (χ0) is 14.0. The summed E-state index contributed by atoms with van der Waals surface area (Å²) in [5.41, 5.74) is 3.84. The fourth-order valence-electron chi connectivity index (χ4n) is 1.42. The molecule has 0 heterocycles. The molecule has 1 aromatic rings. The molecule has 0 N–H and O–H groups in total. The molecule has 0 radical (unpaired) electrons. The zero-order valence-electron chi connectivity index (χ0n) is 11.3. The predicted molar refractivity (Wildman–Crippen MR) is 75.3 cm³/mol. The molecular weight excluding hydrogens is 224 g/mol. The van der Waals surface area contributed by atoms with Crippen LogP contribution in [0.1, 0.15) is 31.4 Å². The standard InChI is InChI=1S/C14H18O.C2H2O/c1-11-5-8-14(9-6-11)10-12(2)4-7-13(3)15;1-2-3/h4-6,8-9H,7,10H2,1-3H3;1H2. The van der Waals surface area contributed by atoms with Gasteiger partial charge in [-0.1, -0.05) is 41.5 Å². The van der Waals surface area contributed by atoms with Crippen molar-refractivity contribution in [3.63, 3.8) is 0 Å². The van der Waals surface area contributed by atoms with Crippen molar-refractivity contribution in [2.24, 2.45) is 0 Å². The van der Waals surface area contributed by atoms with Gasteiger partial charge in [-0.2, -0.15) is 0 Å². The number of aryl methyl sites for hydroxylation is 1. The van der Waals surface area contributed by atoms with Crippen LogP contribution < -0.4 is 0 Å². The summed E-state index contributed by atoms with van der Waals surface area (Å²) in [5.74, 6) is 1.47. The first kappa shape index (κ1) is 16.1. The molecule has 2 heteroatoms. The molecule has 0 aromatic heterocycles. The van der Waals surface area contributed by atoms with E-state index in [1.807, 2.05) is 6.08 Å². The minimum absolute atomic E-state index is 0.221. The van der Waals surface area contributed by atoms with E-state index >= 15 is 0 Å². The van der Waals surface area contributed by atoms with Gasteiger partial charge in [-0.3, -0.25) is 4.79 Å². The number of hydrogen-bond donors (Lipinski definition) is 0. The van der Waals surface area contributed by atoms with Crippen LogP contribution in [0, 0.1) is 6.92 Å². The number of carbonyl (C=O) groups is 1. The molecule has 1 rings (SSSR count). The Morgan fingerprint density at radius 3 is 2.22 bits per heavy atom. The molecule has 96 valence electrons. The van der Waals surface area contributed by atoms with Crippen molar-refractivity contribution >= 4 is 11.7 Å². The molecule has 0 aliphatic carbocycles. The van der Waals surface area contributed by atoms with E-state index in [9.17, 15) is 4.79 Å². The topological polar surface area (TPSA) is 34.1 Å². The van der Waals surface area contributed by atoms with Crippen LogP contribution in [-0.4, -0.2) is 11.7 Å². The highest BCUT2D eigenvalue weighted by Gasteiger charge is 1.95. The fraction of sp³-hybridized carbons (Fsp3) is 0.312. The second kappa shape index (κ2) is 9.15. The summed E-state index contributed by atoms with van der Waals surface area (Å²) in [6.07, 6.45) is 3.51. The summed E-state index contributed by atoms with van der Waals surface area (Å²) in [7, 11) is 0. The first-order valence-corrected chi connectivity index (χ1v) is 5.84. The monoisotopic (exact) mass is 244 g/mol. The average Bonchev–Trinajstić information content (AvgIpc) is 2.31. The van der Waals surface area contributed by atoms with Crippen LogP contribution in [0.2, 0.25) is 0 Å². The zero-order valence-corrected chi connectivity index (χ0v) is 11.3. The van der Waals surface area contributed by atoms with Crippen molar-refractivity contribution in [1.29, 1.82) is 0 Å². The molecule has 0 aliphatic heterocycles. The molecule has 0 unspecified atom stereocenters. The summed E-state index contributed by atoms with van der Waals surface area (Å²) < 4.78 is 0. The van der Waals surface area contributed by atoms with Crippen LogP contribution in [0.15, 0.2) is 42.5 Å². The van der Waals surface area contributed by atoms with Crippen molar-refractivity contribution in [2.45, 2.75) is 33.6 Å².